The predicted molar refractivity (Wildman–Crippen MR) is 200 cm³/mol. The maximum atomic E-state index is 9.40. The van der Waals surface area contributed by atoms with Gasteiger partial charge in [-0.1, -0.05) is 158 Å². The minimum atomic E-state index is -0.615. The van der Waals surface area contributed by atoms with Gasteiger partial charge in [-0.25, -0.2) is 0 Å². The van der Waals surface area contributed by atoms with E-state index in [0.29, 0.717) is 16.3 Å². The standard InChI is InChI=1S/C46H28O/c1-2-12-29(13-3-1)30-22-24-32(25-23-30)42-36-18-8-10-20-38(36)43(39-21-11-9-19-37(39)42)41-28-33-15-5-7-17-35(33)46-44(41)40-27-26-31-14-4-6-16-34(31)45(40)47-46/h1-28H/i1D,2D,3D,12D,13D,22D,23D,24D,25D. The van der Waals surface area contributed by atoms with Crippen molar-refractivity contribution >= 4 is 65.0 Å². The summed E-state index contributed by atoms with van der Waals surface area (Å²) in [5.41, 5.74) is 3.28. The minimum absolute atomic E-state index is 0.0546. The van der Waals surface area contributed by atoms with Crippen LogP contribution in [0.3, 0.4) is 0 Å². The van der Waals surface area contributed by atoms with Gasteiger partial charge in [-0.3, -0.25) is 0 Å². The van der Waals surface area contributed by atoms with E-state index >= 15 is 0 Å². The molecule has 0 fully saturated rings. The molecule has 0 unspecified atom stereocenters. The maximum absolute atomic E-state index is 9.40. The lowest BCUT2D eigenvalue weighted by atomic mass is 9.84. The van der Waals surface area contributed by atoms with Crippen molar-refractivity contribution in [1.82, 2.24) is 0 Å². The van der Waals surface area contributed by atoms with Gasteiger partial charge in [0.2, 0.25) is 0 Å². The van der Waals surface area contributed by atoms with Crippen molar-refractivity contribution in [2.45, 2.75) is 0 Å². The van der Waals surface area contributed by atoms with E-state index in [1.807, 2.05) is 72.8 Å². The molecule has 0 spiro atoms. The van der Waals surface area contributed by atoms with Crippen LogP contribution in [-0.4, -0.2) is 0 Å². The molecule has 0 saturated carbocycles. The Balaban J connectivity index is 1.34. The van der Waals surface area contributed by atoms with Crippen molar-refractivity contribution in [2.24, 2.45) is 0 Å². The molecule has 0 bridgehead atoms. The fourth-order valence-corrected chi connectivity index (χ4v) is 7.16. The zero-order chi connectivity index (χ0) is 38.7. The van der Waals surface area contributed by atoms with Gasteiger partial charge in [0.1, 0.15) is 11.2 Å². The molecule has 0 aliphatic carbocycles. The van der Waals surface area contributed by atoms with Gasteiger partial charge in [0.25, 0.3) is 0 Å². The summed E-state index contributed by atoms with van der Waals surface area (Å²) < 4.78 is 85.6. The first-order valence-electron chi connectivity index (χ1n) is 20.0. The van der Waals surface area contributed by atoms with Crippen LogP contribution in [0.4, 0.5) is 0 Å². The topological polar surface area (TPSA) is 13.1 Å². The average molecular weight is 606 g/mol. The smallest absolute Gasteiger partial charge is 0.143 e. The van der Waals surface area contributed by atoms with Gasteiger partial charge < -0.3 is 4.42 Å². The van der Waals surface area contributed by atoms with E-state index < -0.39 is 42.3 Å². The van der Waals surface area contributed by atoms with Crippen LogP contribution in [0.25, 0.3) is 98.4 Å². The molecule has 0 radical (unpaired) electrons. The highest BCUT2D eigenvalue weighted by Gasteiger charge is 2.22. The molecule has 0 saturated heterocycles. The highest BCUT2D eigenvalue weighted by Crippen LogP contribution is 2.49. The normalized spacial score (nSPS) is 14.5. The molecule has 9 aromatic carbocycles. The summed E-state index contributed by atoms with van der Waals surface area (Å²) in [6.45, 7) is 0. The van der Waals surface area contributed by atoms with Crippen molar-refractivity contribution in [3.05, 3.63) is 170 Å². The number of hydrogen-bond donors (Lipinski definition) is 0. The van der Waals surface area contributed by atoms with E-state index in [4.69, 9.17) is 11.3 Å². The van der Waals surface area contributed by atoms with Crippen molar-refractivity contribution < 1.29 is 16.8 Å². The third-order valence-electron chi connectivity index (χ3n) is 9.18. The quantitative estimate of drug-likeness (QED) is 0.183. The molecule has 47 heavy (non-hydrogen) atoms. The largest absolute Gasteiger partial charge is 0.455 e. The monoisotopic (exact) mass is 605 g/mol. The lowest BCUT2D eigenvalue weighted by molar-refractivity contribution is 0.676. The summed E-state index contributed by atoms with van der Waals surface area (Å²) >= 11 is 0. The van der Waals surface area contributed by atoms with Gasteiger partial charge in [0, 0.05) is 21.5 Å². The van der Waals surface area contributed by atoms with Gasteiger partial charge >= 0.3 is 0 Å². The van der Waals surface area contributed by atoms with E-state index in [1.54, 1.807) is 0 Å². The maximum Gasteiger partial charge on any atom is 0.143 e. The first-order valence-corrected chi connectivity index (χ1v) is 15.5. The van der Waals surface area contributed by atoms with Gasteiger partial charge in [0.05, 0.1) is 12.3 Å². The van der Waals surface area contributed by atoms with Crippen LogP contribution in [0, 0.1) is 0 Å². The number of benzene rings is 9. The van der Waals surface area contributed by atoms with E-state index in [-0.39, 0.29) is 28.8 Å². The number of hydrogen-bond acceptors (Lipinski definition) is 1. The van der Waals surface area contributed by atoms with Crippen molar-refractivity contribution in [3.63, 3.8) is 0 Å². The molecule has 1 heteroatoms. The molecule has 0 aliphatic heterocycles. The summed E-state index contributed by atoms with van der Waals surface area (Å²) in [6.07, 6.45) is 0. The SMILES string of the molecule is [2H]c1c([2H])c([2H])c(-c2c([2H])c([2H])c(-c3c4ccccc4c(-c4cc5ccccc5c5oc6c7ccccc7ccc6c45)c4ccccc34)c([2H])c2[2H])c([2H])c1[2H]. The molecular formula is C46H28O. The van der Waals surface area contributed by atoms with Crippen LogP contribution in [-0.2, 0) is 0 Å². The van der Waals surface area contributed by atoms with Crippen molar-refractivity contribution in [2.75, 3.05) is 0 Å². The van der Waals surface area contributed by atoms with E-state index in [9.17, 15) is 5.48 Å². The van der Waals surface area contributed by atoms with Gasteiger partial charge in [-0.2, -0.15) is 0 Å². The zero-order valence-corrected chi connectivity index (χ0v) is 24.9. The highest BCUT2D eigenvalue weighted by molar-refractivity contribution is 6.30. The van der Waals surface area contributed by atoms with Crippen LogP contribution >= 0.6 is 0 Å². The molecule has 10 rings (SSSR count). The summed E-state index contributed by atoms with van der Waals surface area (Å²) in [5.74, 6) is 0. The molecule has 1 nitrogen and oxygen atoms in total. The second-order valence-corrected chi connectivity index (χ2v) is 11.7. The number of fused-ring (bicyclic) bond motifs is 9. The van der Waals surface area contributed by atoms with E-state index in [1.165, 1.54) is 0 Å². The molecular weight excluding hydrogens is 569 g/mol. The van der Waals surface area contributed by atoms with Gasteiger partial charge in [-0.15, -0.1) is 0 Å². The second-order valence-electron chi connectivity index (χ2n) is 11.7. The summed E-state index contributed by atoms with van der Waals surface area (Å²) in [6, 6.07) is 33.5. The summed E-state index contributed by atoms with van der Waals surface area (Å²) in [4.78, 5) is 0. The van der Waals surface area contributed by atoms with E-state index in [0.717, 1.165) is 65.4 Å². The van der Waals surface area contributed by atoms with Crippen molar-refractivity contribution in [1.29, 1.82) is 0 Å². The number of furan rings is 1. The fourth-order valence-electron chi connectivity index (χ4n) is 7.16. The Bertz CT molecular complexity index is 3250. The first kappa shape index (κ1) is 18.7. The average Bonchev–Trinajstić information content (AvgIpc) is 3.63. The molecule has 10 aromatic rings. The lowest BCUT2D eigenvalue weighted by Crippen LogP contribution is -1.92. The van der Waals surface area contributed by atoms with Crippen LogP contribution in [0.1, 0.15) is 12.3 Å². The Morgan fingerprint density at radius 3 is 1.55 bits per heavy atom. The Morgan fingerprint density at radius 2 is 0.894 bits per heavy atom. The van der Waals surface area contributed by atoms with Crippen LogP contribution in [0.5, 0.6) is 0 Å². The predicted octanol–water partition coefficient (Wildman–Crippen LogP) is 13.2. The van der Waals surface area contributed by atoms with Crippen LogP contribution < -0.4 is 0 Å². The van der Waals surface area contributed by atoms with Gasteiger partial charge in [0.15, 0.2) is 0 Å². The zero-order valence-electron chi connectivity index (χ0n) is 33.9. The molecule has 0 amide bonds. The Morgan fingerprint density at radius 1 is 0.383 bits per heavy atom. The minimum Gasteiger partial charge on any atom is -0.455 e. The highest BCUT2D eigenvalue weighted by atomic mass is 16.3. The second kappa shape index (κ2) is 10.2. The molecule has 1 heterocycles. The van der Waals surface area contributed by atoms with Crippen LogP contribution in [0.15, 0.2) is 174 Å². The van der Waals surface area contributed by atoms with E-state index in [2.05, 4.69) is 42.5 Å². The summed E-state index contributed by atoms with van der Waals surface area (Å²) in [5, 5.41) is 9.07. The molecule has 0 aliphatic rings. The molecule has 218 valence electrons. The third-order valence-corrected chi connectivity index (χ3v) is 9.18. The lowest BCUT2D eigenvalue weighted by Gasteiger charge is -2.19. The molecule has 0 N–H and O–H groups in total. The molecule has 0 atom stereocenters. The third kappa shape index (κ3) is 3.90. The summed E-state index contributed by atoms with van der Waals surface area (Å²) in [7, 11) is 0. The Labute approximate surface area is 284 Å². The van der Waals surface area contributed by atoms with Crippen LogP contribution in [0.2, 0.25) is 0 Å². The Hall–Kier alpha value is -6.18. The Kier molecular flexibility index (Phi) is 4.05. The number of rotatable bonds is 3. The first-order chi connectivity index (χ1) is 27.1. The molecule has 1 aromatic heterocycles. The van der Waals surface area contributed by atoms with Gasteiger partial charge in [-0.05, 0) is 77.8 Å². The van der Waals surface area contributed by atoms with Crippen molar-refractivity contribution in [3.8, 4) is 33.4 Å². The fraction of sp³-hybridized carbons (Fsp3) is 0.